The van der Waals surface area contributed by atoms with Crippen molar-refractivity contribution in [2.45, 2.75) is 5.33 Å². The van der Waals surface area contributed by atoms with E-state index in [-0.39, 0.29) is 5.43 Å². The van der Waals surface area contributed by atoms with Gasteiger partial charge in [-0.15, -0.1) is 0 Å². The van der Waals surface area contributed by atoms with E-state index in [1.165, 1.54) is 6.07 Å². The van der Waals surface area contributed by atoms with E-state index >= 15 is 0 Å². The maximum absolute atomic E-state index is 12.0. The van der Waals surface area contributed by atoms with Gasteiger partial charge in [-0.2, -0.15) is 0 Å². The Morgan fingerprint density at radius 2 is 2.00 bits per heavy atom. The average Bonchev–Trinajstić information content (AvgIpc) is 2.92. The van der Waals surface area contributed by atoms with Gasteiger partial charge >= 0.3 is 0 Å². The molecule has 0 unspecified atom stereocenters. The van der Waals surface area contributed by atoms with Crippen LogP contribution >= 0.6 is 15.9 Å². The summed E-state index contributed by atoms with van der Waals surface area (Å²) in [4.78, 5) is 12.0. The van der Waals surface area contributed by atoms with Crippen molar-refractivity contribution in [3.8, 4) is 11.5 Å². The van der Waals surface area contributed by atoms with E-state index in [2.05, 4.69) is 15.9 Å². The second-order valence-electron chi connectivity index (χ2n) is 3.92. The van der Waals surface area contributed by atoms with Gasteiger partial charge < -0.3 is 8.83 Å². The Labute approximate surface area is 111 Å². The van der Waals surface area contributed by atoms with Gasteiger partial charge in [-0.25, -0.2) is 0 Å². The summed E-state index contributed by atoms with van der Waals surface area (Å²) in [5.41, 5.74) is 1.55. The first-order valence-corrected chi connectivity index (χ1v) is 6.57. The molecule has 0 atom stereocenters. The molecule has 2 aromatic heterocycles. The second kappa shape index (κ2) is 4.46. The van der Waals surface area contributed by atoms with Crippen LogP contribution in [0.2, 0.25) is 0 Å². The molecule has 3 aromatic rings. The number of benzene rings is 1. The van der Waals surface area contributed by atoms with Gasteiger partial charge in [0, 0.05) is 11.4 Å². The van der Waals surface area contributed by atoms with Gasteiger partial charge in [-0.3, -0.25) is 4.79 Å². The Morgan fingerprint density at radius 3 is 2.72 bits per heavy atom. The molecule has 4 heteroatoms. The number of rotatable bonds is 2. The SMILES string of the molecule is O=c1cc(-c2ccco2)oc2ccc(CBr)cc12. The van der Waals surface area contributed by atoms with Crippen molar-refractivity contribution in [3.05, 3.63) is 58.4 Å². The van der Waals surface area contributed by atoms with Crippen LogP contribution in [0.5, 0.6) is 0 Å². The standard InChI is InChI=1S/C14H9BrO3/c15-8-9-3-4-12-10(6-9)11(16)7-14(18-12)13-2-1-5-17-13/h1-7H,8H2. The lowest BCUT2D eigenvalue weighted by molar-refractivity contribution is 0.537. The summed E-state index contributed by atoms with van der Waals surface area (Å²) in [5.74, 6) is 1.00. The minimum absolute atomic E-state index is 0.0644. The highest BCUT2D eigenvalue weighted by atomic mass is 79.9. The fraction of sp³-hybridized carbons (Fsp3) is 0.0714. The molecule has 3 nitrogen and oxygen atoms in total. The maximum atomic E-state index is 12.0. The summed E-state index contributed by atoms with van der Waals surface area (Å²) in [6, 6.07) is 10.5. The van der Waals surface area contributed by atoms with E-state index in [1.54, 1.807) is 24.5 Å². The molecule has 0 bridgehead atoms. The first-order valence-electron chi connectivity index (χ1n) is 5.44. The number of furan rings is 1. The third-order valence-electron chi connectivity index (χ3n) is 2.71. The molecule has 0 aliphatic carbocycles. The zero-order valence-electron chi connectivity index (χ0n) is 9.35. The second-order valence-corrected chi connectivity index (χ2v) is 4.48. The van der Waals surface area contributed by atoms with Gasteiger partial charge in [0.1, 0.15) is 5.58 Å². The molecule has 0 aliphatic heterocycles. The van der Waals surface area contributed by atoms with Crippen LogP contribution in [0.4, 0.5) is 0 Å². The Bertz CT molecular complexity index is 741. The minimum Gasteiger partial charge on any atom is -0.461 e. The molecule has 0 aliphatic rings. The van der Waals surface area contributed by atoms with Crippen molar-refractivity contribution in [1.82, 2.24) is 0 Å². The highest BCUT2D eigenvalue weighted by molar-refractivity contribution is 9.08. The highest BCUT2D eigenvalue weighted by Gasteiger charge is 2.09. The molecule has 18 heavy (non-hydrogen) atoms. The molecule has 0 saturated heterocycles. The van der Waals surface area contributed by atoms with Gasteiger partial charge in [-0.1, -0.05) is 22.0 Å². The number of hydrogen-bond donors (Lipinski definition) is 0. The van der Waals surface area contributed by atoms with Crippen LogP contribution in [0.3, 0.4) is 0 Å². The third kappa shape index (κ3) is 1.88. The summed E-state index contributed by atoms with van der Waals surface area (Å²) >= 11 is 3.37. The quantitative estimate of drug-likeness (QED) is 0.673. The van der Waals surface area contributed by atoms with Crippen molar-refractivity contribution in [1.29, 1.82) is 0 Å². The van der Waals surface area contributed by atoms with E-state index in [0.717, 1.165) is 5.56 Å². The monoisotopic (exact) mass is 304 g/mol. The van der Waals surface area contributed by atoms with E-state index in [1.807, 2.05) is 12.1 Å². The van der Waals surface area contributed by atoms with Crippen LogP contribution in [0.25, 0.3) is 22.5 Å². The van der Waals surface area contributed by atoms with E-state index in [9.17, 15) is 4.79 Å². The lowest BCUT2D eigenvalue weighted by Crippen LogP contribution is -2.00. The zero-order valence-corrected chi connectivity index (χ0v) is 10.9. The van der Waals surface area contributed by atoms with Crippen LogP contribution in [0.1, 0.15) is 5.56 Å². The smallest absolute Gasteiger partial charge is 0.193 e. The Balaban J connectivity index is 2.26. The van der Waals surface area contributed by atoms with Crippen molar-refractivity contribution < 1.29 is 8.83 Å². The first kappa shape index (κ1) is 11.3. The van der Waals surface area contributed by atoms with Gasteiger partial charge in [-0.05, 0) is 29.8 Å². The fourth-order valence-corrected chi connectivity index (χ4v) is 2.18. The normalized spacial score (nSPS) is 10.9. The summed E-state index contributed by atoms with van der Waals surface area (Å²) in [5, 5.41) is 1.30. The first-order chi connectivity index (χ1) is 8.78. The van der Waals surface area contributed by atoms with Crippen LogP contribution in [-0.4, -0.2) is 0 Å². The van der Waals surface area contributed by atoms with Gasteiger partial charge in [0.15, 0.2) is 16.9 Å². The molecular weight excluding hydrogens is 296 g/mol. The summed E-state index contributed by atoms with van der Waals surface area (Å²) in [6.45, 7) is 0. The lowest BCUT2D eigenvalue weighted by atomic mass is 10.1. The largest absolute Gasteiger partial charge is 0.461 e. The van der Waals surface area contributed by atoms with Crippen LogP contribution in [-0.2, 0) is 5.33 Å². The van der Waals surface area contributed by atoms with Gasteiger partial charge in [0.25, 0.3) is 0 Å². The van der Waals surface area contributed by atoms with E-state index in [0.29, 0.717) is 27.8 Å². The van der Waals surface area contributed by atoms with Crippen LogP contribution < -0.4 is 5.43 Å². The average molecular weight is 305 g/mol. The molecule has 0 N–H and O–H groups in total. The van der Waals surface area contributed by atoms with Gasteiger partial charge in [0.05, 0.1) is 11.6 Å². The van der Waals surface area contributed by atoms with Crippen molar-refractivity contribution in [3.63, 3.8) is 0 Å². The zero-order chi connectivity index (χ0) is 12.5. The van der Waals surface area contributed by atoms with Crippen LogP contribution in [0, 0.1) is 0 Å². The predicted molar refractivity (Wildman–Crippen MR) is 72.8 cm³/mol. The summed E-state index contributed by atoms with van der Waals surface area (Å²) in [6.07, 6.45) is 1.55. The number of alkyl halides is 1. The molecule has 0 radical (unpaired) electrons. The highest BCUT2D eigenvalue weighted by Crippen LogP contribution is 2.23. The molecular formula is C14H9BrO3. The Hall–Kier alpha value is -1.81. The van der Waals surface area contributed by atoms with E-state index < -0.39 is 0 Å². The molecule has 0 spiro atoms. The molecule has 0 amide bonds. The summed E-state index contributed by atoms with van der Waals surface area (Å²) in [7, 11) is 0. The predicted octanol–water partition coefficient (Wildman–Crippen LogP) is 3.95. The van der Waals surface area contributed by atoms with Crippen molar-refractivity contribution >= 4 is 26.9 Å². The number of fused-ring (bicyclic) bond motifs is 1. The molecule has 0 saturated carbocycles. The number of hydrogen-bond acceptors (Lipinski definition) is 3. The maximum Gasteiger partial charge on any atom is 0.193 e. The van der Waals surface area contributed by atoms with Crippen LogP contribution in [0.15, 0.2) is 56.3 Å². The molecule has 1 aromatic carbocycles. The van der Waals surface area contributed by atoms with Gasteiger partial charge in [0.2, 0.25) is 0 Å². The molecule has 90 valence electrons. The minimum atomic E-state index is -0.0644. The topological polar surface area (TPSA) is 43.4 Å². The Kier molecular flexibility index (Phi) is 2.80. The van der Waals surface area contributed by atoms with Crippen molar-refractivity contribution in [2.24, 2.45) is 0 Å². The van der Waals surface area contributed by atoms with E-state index in [4.69, 9.17) is 8.83 Å². The van der Waals surface area contributed by atoms with Crippen molar-refractivity contribution in [2.75, 3.05) is 0 Å². The third-order valence-corrected chi connectivity index (χ3v) is 3.36. The molecule has 2 heterocycles. The fourth-order valence-electron chi connectivity index (χ4n) is 1.83. The lowest BCUT2D eigenvalue weighted by Gasteiger charge is -2.02. The molecule has 0 fully saturated rings. The molecule has 3 rings (SSSR count). The Morgan fingerprint density at radius 1 is 1.11 bits per heavy atom. The summed E-state index contributed by atoms with van der Waals surface area (Å²) < 4.78 is 10.9. The number of halogens is 1.